The van der Waals surface area contributed by atoms with Crippen molar-refractivity contribution >= 4 is 5.91 Å². The summed E-state index contributed by atoms with van der Waals surface area (Å²) in [7, 11) is 0. The van der Waals surface area contributed by atoms with E-state index >= 15 is 0 Å². The van der Waals surface area contributed by atoms with Crippen LogP contribution in [-0.4, -0.2) is 18.6 Å². The average Bonchev–Trinajstić information content (AvgIpc) is 3.16. The smallest absolute Gasteiger partial charge is 0.251 e. The second kappa shape index (κ2) is 6.24. The summed E-state index contributed by atoms with van der Waals surface area (Å²) in [6, 6.07) is 17.3. The van der Waals surface area contributed by atoms with Crippen LogP contribution in [0.15, 0.2) is 71.5 Å². The molecule has 0 fully saturated rings. The number of carbonyl (C=O) groups excluding carboxylic acids is 1. The number of rotatable bonds is 3. The predicted molar refractivity (Wildman–Crippen MR) is 91.0 cm³/mol. The summed E-state index contributed by atoms with van der Waals surface area (Å²) in [5.74, 6) is 0.818. The molecule has 0 unspecified atom stereocenters. The minimum atomic E-state index is -0.0895. The Morgan fingerprint density at radius 2 is 1.96 bits per heavy atom. The molecule has 1 amide bonds. The van der Waals surface area contributed by atoms with Crippen molar-refractivity contribution in [3.63, 3.8) is 0 Å². The van der Waals surface area contributed by atoms with Gasteiger partial charge < -0.3 is 14.5 Å². The summed E-state index contributed by atoms with van der Waals surface area (Å²) in [4.78, 5) is 12.6. The van der Waals surface area contributed by atoms with Gasteiger partial charge in [-0.2, -0.15) is 0 Å². The van der Waals surface area contributed by atoms with Crippen molar-refractivity contribution in [2.24, 2.45) is 0 Å². The molecule has 2 aromatic carbocycles. The molecular weight excluding hydrogens is 302 g/mol. The molecule has 4 rings (SSSR count). The van der Waals surface area contributed by atoms with E-state index < -0.39 is 0 Å². The molecule has 1 atom stereocenters. The van der Waals surface area contributed by atoms with E-state index in [0.717, 1.165) is 28.9 Å². The fourth-order valence-electron chi connectivity index (χ4n) is 2.96. The van der Waals surface area contributed by atoms with E-state index in [1.54, 1.807) is 12.5 Å². The SMILES string of the molecule is O=C(N[C@H]1COc2ccccc2C1)c1cccc(-c2ccoc2)c1. The Morgan fingerprint density at radius 1 is 1.04 bits per heavy atom. The Bertz CT molecular complexity index is 855. The molecule has 4 nitrogen and oxygen atoms in total. The number of furan rings is 1. The maximum atomic E-state index is 12.6. The number of ether oxygens (including phenoxy) is 1. The molecule has 1 aromatic heterocycles. The van der Waals surface area contributed by atoms with Gasteiger partial charge in [0.15, 0.2) is 0 Å². The lowest BCUT2D eigenvalue weighted by Crippen LogP contribution is -2.42. The molecule has 4 heteroatoms. The maximum Gasteiger partial charge on any atom is 0.251 e. The average molecular weight is 319 g/mol. The van der Waals surface area contributed by atoms with Crippen molar-refractivity contribution in [1.82, 2.24) is 5.32 Å². The summed E-state index contributed by atoms with van der Waals surface area (Å²) < 4.78 is 10.8. The van der Waals surface area contributed by atoms with Crippen LogP contribution < -0.4 is 10.1 Å². The molecule has 0 spiro atoms. The Hall–Kier alpha value is -3.01. The Labute approximate surface area is 140 Å². The second-order valence-corrected chi connectivity index (χ2v) is 5.89. The molecular formula is C20H17NO3. The van der Waals surface area contributed by atoms with Gasteiger partial charge in [-0.1, -0.05) is 30.3 Å². The van der Waals surface area contributed by atoms with E-state index in [4.69, 9.17) is 9.15 Å². The zero-order valence-corrected chi connectivity index (χ0v) is 13.1. The highest BCUT2D eigenvalue weighted by Crippen LogP contribution is 2.24. The Kier molecular flexibility index (Phi) is 3.79. The fourth-order valence-corrected chi connectivity index (χ4v) is 2.96. The van der Waals surface area contributed by atoms with Crippen molar-refractivity contribution in [2.75, 3.05) is 6.61 Å². The van der Waals surface area contributed by atoms with Crippen LogP contribution in [0.25, 0.3) is 11.1 Å². The number of carbonyl (C=O) groups is 1. The molecule has 0 aliphatic carbocycles. The van der Waals surface area contributed by atoms with Crippen LogP contribution in [0, 0.1) is 0 Å². The zero-order valence-electron chi connectivity index (χ0n) is 13.1. The largest absolute Gasteiger partial charge is 0.491 e. The van der Waals surface area contributed by atoms with Crippen LogP contribution in [0.1, 0.15) is 15.9 Å². The molecule has 2 heterocycles. The van der Waals surface area contributed by atoms with Gasteiger partial charge in [0, 0.05) is 11.1 Å². The first-order chi connectivity index (χ1) is 11.8. The molecule has 3 aromatic rings. The maximum absolute atomic E-state index is 12.6. The second-order valence-electron chi connectivity index (χ2n) is 5.89. The van der Waals surface area contributed by atoms with E-state index in [1.165, 1.54) is 0 Å². The zero-order chi connectivity index (χ0) is 16.4. The minimum Gasteiger partial charge on any atom is -0.491 e. The van der Waals surface area contributed by atoms with Gasteiger partial charge in [-0.25, -0.2) is 0 Å². The Morgan fingerprint density at radius 3 is 2.83 bits per heavy atom. The third-order valence-electron chi connectivity index (χ3n) is 4.19. The lowest BCUT2D eigenvalue weighted by Gasteiger charge is -2.26. The summed E-state index contributed by atoms with van der Waals surface area (Å²) in [5, 5.41) is 3.06. The molecule has 0 bridgehead atoms. The normalized spacial score (nSPS) is 16.1. The van der Waals surface area contributed by atoms with Crippen LogP contribution in [0.4, 0.5) is 0 Å². The lowest BCUT2D eigenvalue weighted by molar-refractivity contribution is 0.0915. The summed E-state index contributed by atoms with van der Waals surface area (Å²) in [6.07, 6.45) is 4.07. The highest BCUT2D eigenvalue weighted by molar-refractivity contribution is 5.95. The standard InChI is InChI=1S/C20H17NO3/c22-20(16-6-3-5-14(10-16)17-8-9-23-12-17)21-18-11-15-4-1-2-7-19(15)24-13-18/h1-10,12,18H,11,13H2,(H,21,22)/t18-/m1/s1. The number of amides is 1. The van der Waals surface area contributed by atoms with E-state index in [2.05, 4.69) is 5.32 Å². The molecule has 0 saturated carbocycles. The van der Waals surface area contributed by atoms with Crippen molar-refractivity contribution in [1.29, 1.82) is 0 Å². The fraction of sp³-hybridized carbons (Fsp3) is 0.150. The van der Waals surface area contributed by atoms with E-state index in [1.807, 2.05) is 54.6 Å². The van der Waals surface area contributed by atoms with Crippen LogP contribution >= 0.6 is 0 Å². The van der Waals surface area contributed by atoms with Crippen LogP contribution in [0.3, 0.4) is 0 Å². The van der Waals surface area contributed by atoms with Crippen LogP contribution in [-0.2, 0) is 6.42 Å². The Balaban J connectivity index is 1.48. The molecule has 24 heavy (non-hydrogen) atoms. The third-order valence-corrected chi connectivity index (χ3v) is 4.19. The van der Waals surface area contributed by atoms with Crippen LogP contribution in [0.5, 0.6) is 5.75 Å². The van der Waals surface area contributed by atoms with Gasteiger partial charge in [0.05, 0.1) is 18.6 Å². The number of para-hydroxylation sites is 1. The van der Waals surface area contributed by atoms with Crippen molar-refractivity contribution in [2.45, 2.75) is 12.5 Å². The first-order valence-electron chi connectivity index (χ1n) is 7.94. The number of benzene rings is 2. The molecule has 1 aliphatic rings. The number of fused-ring (bicyclic) bond motifs is 1. The van der Waals surface area contributed by atoms with Gasteiger partial charge in [-0.15, -0.1) is 0 Å². The summed E-state index contributed by atoms with van der Waals surface area (Å²) in [6.45, 7) is 0.490. The van der Waals surface area contributed by atoms with Gasteiger partial charge in [0.2, 0.25) is 0 Å². The molecule has 1 N–H and O–H groups in total. The molecule has 0 saturated heterocycles. The molecule has 0 radical (unpaired) electrons. The first-order valence-corrected chi connectivity index (χ1v) is 7.94. The predicted octanol–water partition coefficient (Wildman–Crippen LogP) is 3.68. The van der Waals surface area contributed by atoms with Gasteiger partial charge in [-0.3, -0.25) is 4.79 Å². The topological polar surface area (TPSA) is 51.5 Å². The van der Waals surface area contributed by atoms with Crippen molar-refractivity contribution in [3.8, 4) is 16.9 Å². The van der Waals surface area contributed by atoms with Gasteiger partial charge in [0.1, 0.15) is 12.4 Å². The van der Waals surface area contributed by atoms with Gasteiger partial charge >= 0.3 is 0 Å². The number of hydrogen-bond donors (Lipinski definition) is 1. The quantitative estimate of drug-likeness (QED) is 0.801. The number of nitrogens with one attached hydrogen (secondary N) is 1. The minimum absolute atomic E-state index is 0.0232. The van der Waals surface area contributed by atoms with E-state index in [-0.39, 0.29) is 11.9 Å². The number of hydrogen-bond acceptors (Lipinski definition) is 3. The van der Waals surface area contributed by atoms with Crippen molar-refractivity contribution < 1.29 is 13.9 Å². The van der Waals surface area contributed by atoms with Crippen LogP contribution in [0.2, 0.25) is 0 Å². The summed E-state index contributed by atoms with van der Waals surface area (Å²) in [5.41, 5.74) is 3.68. The first kappa shape index (κ1) is 14.6. The van der Waals surface area contributed by atoms with Gasteiger partial charge in [-0.05, 0) is 41.8 Å². The van der Waals surface area contributed by atoms with Crippen molar-refractivity contribution in [3.05, 3.63) is 78.3 Å². The summed E-state index contributed by atoms with van der Waals surface area (Å²) >= 11 is 0. The highest BCUT2D eigenvalue weighted by atomic mass is 16.5. The van der Waals surface area contributed by atoms with E-state index in [9.17, 15) is 4.79 Å². The molecule has 1 aliphatic heterocycles. The third kappa shape index (κ3) is 2.91. The van der Waals surface area contributed by atoms with E-state index in [0.29, 0.717) is 12.2 Å². The molecule has 120 valence electrons. The van der Waals surface area contributed by atoms with Gasteiger partial charge in [0.25, 0.3) is 5.91 Å². The lowest BCUT2D eigenvalue weighted by atomic mass is 10.0. The monoisotopic (exact) mass is 319 g/mol. The highest BCUT2D eigenvalue weighted by Gasteiger charge is 2.21.